The van der Waals surface area contributed by atoms with E-state index >= 15 is 0 Å². The predicted molar refractivity (Wildman–Crippen MR) is 73.1 cm³/mol. The molecule has 0 amide bonds. The van der Waals surface area contributed by atoms with Crippen molar-refractivity contribution in [2.45, 2.75) is 24.0 Å². The Morgan fingerprint density at radius 2 is 1.82 bits per heavy atom. The fraction of sp³-hybridized carbons (Fsp3) is 0.500. The number of rotatable bonds is 3. The number of methoxy groups -OCH3 is 1. The van der Waals surface area contributed by atoms with Gasteiger partial charge in [0.25, 0.3) is 0 Å². The Kier molecular flexibility index (Phi) is 5.57. The number of aromatic nitrogens is 4. The van der Waals surface area contributed by atoms with E-state index in [9.17, 15) is 0 Å². The highest BCUT2D eigenvalue weighted by molar-refractivity contribution is 7.99. The topological polar surface area (TPSA) is 63.7 Å². The maximum Gasteiger partial charge on any atom is 0.244 e. The van der Waals surface area contributed by atoms with Gasteiger partial charge in [0.1, 0.15) is 10.4 Å². The molecule has 94 valence electrons. The fourth-order valence-electron chi connectivity index (χ4n) is 1.24. The Morgan fingerprint density at radius 3 is 2.35 bits per heavy atom. The van der Waals surface area contributed by atoms with Gasteiger partial charge in [0.15, 0.2) is 10.8 Å². The number of hydrogen-bond donors (Lipinski definition) is 1. The Hall–Kier alpha value is -0.950. The number of thioether (sulfide) groups is 2. The van der Waals surface area contributed by atoms with E-state index in [-0.39, 0.29) is 0 Å². The summed E-state index contributed by atoms with van der Waals surface area (Å²) in [5, 5.41) is 9.33. The lowest BCUT2D eigenvalue weighted by Gasteiger charge is -2.01. The largest absolute Gasteiger partial charge is 0.479 e. The van der Waals surface area contributed by atoms with Gasteiger partial charge in [-0.1, -0.05) is 25.6 Å². The van der Waals surface area contributed by atoms with E-state index in [1.807, 2.05) is 26.4 Å². The third kappa shape index (κ3) is 2.84. The van der Waals surface area contributed by atoms with Crippen LogP contribution in [0.25, 0.3) is 11.0 Å². The second kappa shape index (κ2) is 6.70. The first-order valence-electron chi connectivity index (χ1n) is 5.18. The molecule has 0 atom stereocenters. The molecule has 0 aliphatic rings. The first-order valence-corrected chi connectivity index (χ1v) is 7.63. The Balaban J connectivity index is 0.000000686. The van der Waals surface area contributed by atoms with Gasteiger partial charge in [-0.05, 0) is 12.5 Å². The van der Waals surface area contributed by atoms with E-state index in [4.69, 9.17) is 4.74 Å². The van der Waals surface area contributed by atoms with Crippen LogP contribution in [0, 0.1) is 0 Å². The zero-order valence-corrected chi connectivity index (χ0v) is 12.2. The van der Waals surface area contributed by atoms with Gasteiger partial charge in [-0.2, -0.15) is 0 Å². The van der Waals surface area contributed by atoms with Crippen molar-refractivity contribution in [2.75, 3.05) is 19.6 Å². The summed E-state index contributed by atoms with van der Waals surface area (Å²) in [5.74, 6) is 0.544. The average Bonchev–Trinajstić information content (AvgIpc) is 2.82. The molecule has 17 heavy (non-hydrogen) atoms. The molecule has 0 saturated carbocycles. The summed E-state index contributed by atoms with van der Waals surface area (Å²) < 4.78 is 5.14. The van der Waals surface area contributed by atoms with Crippen LogP contribution in [0.3, 0.4) is 0 Å². The van der Waals surface area contributed by atoms with E-state index in [1.165, 1.54) is 11.8 Å². The molecule has 1 N–H and O–H groups in total. The van der Waals surface area contributed by atoms with Crippen LogP contribution in [-0.4, -0.2) is 39.8 Å². The third-order valence-corrected chi connectivity index (χ3v) is 3.13. The summed E-state index contributed by atoms with van der Waals surface area (Å²) >= 11 is 3.06. The van der Waals surface area contributed by atoms with E-state index < -0.39 is 0 Å². The number of aromatic amines is 1. The molecule has 2 aromatic heterocycles. The number of H-pyrrole nitrogens is 1. The van der Waals surface area contributed by atoms with Crippen molar-refractivity contribution in [3.8, 4) is 5.88 Å². The summed E-state index contributed by atoms with van der Waals surface area (Å²) in [7, 11) is 1.59. The second-order valence-electron chi connectivity index (χ2n) is 2.68. The fourth-order valence-corrected chi connectivity index (χ4v) is 2.23. The van der Waals surface area contributed by atoms with E-state index in [0.29, 0.717) is 5.88 Å². The van der Waals surface area contributed by atoms with Crippen LogP contribution in [0.15, 0.2) is 10.2 Å². The molecule has 0 aliphatic heterocycles. The van der Waals surface area contributed by atoms with Gasteiger partial charge in [0, 0.05) is 0 Å². The van der Waals surface area contributed by atoms with Crippen LogP contribution in [0.2, 0.25) is 0 Å². The first kappa shape index (κ1) is 14.1. The highest BCUT2D eigenvalue weighted by Crippen LogP contribution is 2.30. The molecule has 0 aromatic carbocycles. The van der Waals surface area contributed by atoms with Crippen molar-refractivity contribution in [1.29, 1.82) is 0 Å². The number of ether oxygens (including phenoxy) is 1. The lowest BCUT2D eigenvalue weighted by atomic mass is 10.4. The summed E-state index contributed by atoms with van der Waals surface area (Å²) in [6.45, 7) is 4.00. The molecule has 0 fully saturated rings. The SMILES string of the molecule is CC.COc1n[nH]c2nc(SC)nc(SC)c12. The summed E-state index contributed by atoms with van der Waals surface area (Å²) in [4.78, 5) is 8.70. The highest BCUT2D eigenvalue weighted by Gasteiger charge is 2.14. The lowest BCUT2D eigenvalue weighted by molar-refractivity contribution is 0.400. The lowest BCUT2D eigenvalue weighted by Crippen LogP contribution is -1.91. The molecule has 2 aromatic rings. The minimum Gasteiger partial charge on any atom is -0.479 e. The molecular formula is C10H16N4OS2. The van der Waals surface area contributed by atoms with Gasteiger partial charge in [0.2, 0.25) is 5.88 Å². The van der Waals surface area contributed by atoms with Crippen molar-refractivity contribution < 1.29 is 4.74 Å². The monoisotopic (exact) mass is 272 g/mol. The van der Waals surface area contributed by atoms with Crippen molar-refractivity contribution >= 4 is 34.6 Å². The Labute approximate surface area is 109 Å². The minimum atomic E-state index is 0.544. The molecule has 2 rings (SSSR count). The number of nitrogens with one attached hydrogen (secondary N) is 1. The van der Waals surface area contributed by atoms with Crippen molar-refractivity contribution in [3.05, 3.63) is 0 Å². The first-order chi connectivity index (χ1) is 8.30. The van der Waals surface area contributed by atoms with Crippen LogP contribution in [0.5, 0.6) is 5.88 Å². The van der Waals surface area contributed by atoms with Gasteiger partial charge in [-0.25, -0.2) is 9.97 Å². The highest BCUT2D eigenvalue weighted by atomic mass is 32.2. The summed E-state index contributed by atoms with van der Waals surface area (Å²) in [6, 6.07) is 0. The molecule has 0 bridgehead atoms. The van der Waals surface area contributed by atoms with Crippen LogP contribution < -0.4 is 4.74 Å². The standard InChI is InChI=1S/C8H10N4OS2.C2H6/c1-13-6-4-5(11-12-6)9-8(15-3)10-7(4)14-2;1-2/h1-3H3,(H,9,10,11,12);1-2H3. The summed E-state index contributed by atoms with van der Waals surface area (Å²) in [5.41, 5.74) is 0.718. The van der Waals surface area contributed by atoms with E-state index in [1.54, 1.807) is 18.9 Å². The molecule has 2 heterocycles. The molecule has 5 nitrogen and oxygen atoms in total. The van der Waals surface area contributed by atoms with Gasteiger partial charge < -0.3 is 4.74 Å². The maximum absolute atomic E-state index is 5.14. The molecular weight excluding hydrogens is 256 g/mol. The van der Waals surface area contributed by atoms with Crippen molar-refractivity contribution in [1.82, 2.24) is 20.2 Å². The number of nitrogens with zero attached hydrogens (tertiary/aromatic N) is 3. The molecule has 7 heteroatoms. The van der Waals surface area contributed by atoms with Gasteiger partial charge in [-0.15, -0.1) is 16.9 Å². The Bertz CT molecular complexity index is 486. The smallest absolute Gasteiger partial charge is 0.244 e. The van der Waals surface area contributed by atoms with Crippen LogP contribution in [-0.2, 0) is 0 Å². The van der Waals surface area contributed by atoms with Crippen LogP contribution >= 0.6 is 23.5 Å². The molecule has 0 unspecified atom stereocenters. The van der Waals surface area contributed by atoms with Crippen LogP contribution in [0.1, 0.15) is 13.8 Å². The molecule has 0 radical (unpaired) electrons. The normalized spacial score (nSPS) is 9.94. The van der Waals surface area contributed by atoms with Crippen molar-refractivity contribution in [2.24, 2.45) is 0 Å². The Morgan fingerprint density at radius 1 is 1.12 bits per heavy atom. The number of fused-ring (bicyclic) bond motifs is 1. The zero-order chi connectivity index (χ0) is 12.8. The van der Waals surface area contributed by atoms with E-state index in [2.05, 4.69) is 20.2 Å². The van der Waals surface area contributed by atoms with Gasteiger partial charge in [0.05, 0.1) is 7.11 Å². The van der Waals surface area contributed by atoms with Gasteiger partial charge >= 0.3 is 0 Å². The summed E-state index contributed by atoms with van der Waals surface area (Å²) in [6.07, 6.45) is 3.91. The maximum atomic E-state index is 5.14. The second-order valence-corrected chi connectivity index (χ2v) is 4.24. The quantitative estimate of drug-likeness (QED) is 0.526. The average molecular weight is 272 g/mol. The third-order valence-electron chi connectivity index (χ3n) is 1.90. The van der Waals surface area contributed by atoms with Gasteiger partial charge in [-0.3, -0.25) is 5.10 Å². The minimum absolute atomic E-state index is 0.544. The zero-order valence-electron chi connectivity index (χ0n) is 10.6. The molecule has 0 saturated heterocycles. The molecule has 0 spiro atoms. The van der Waals surface area contributed by atoms with Crippen LogP contribution in [0.4, 0.5) is 0 Å². The molecule has 0 aliphatic carbocycles. The van der Waals surface area contributed by atoms with E-state index in [0.717, 1.165) is 21.2 Å². The number of hydrogen-bond acceptors (Lipinski definition) is 6. The predicted octanol–water partition coefficient (Wildman–Crippen LogP) is 2.83. The van der Waals surface area contributed by atoms with Crippen molar-refractivity contribution in [3.63, 3.8) is 0 Å².